The van der Waals surface area contributed by atoms with Crippen LogP contribution in [-0.2, 0) is 0 Å². The molecule has 7 heteroatoms. The minimum atomic E-state index is -1.15. The average molecular weight is 272 g/mol. The Bertz CT molecular complexity index is 451. The van der Waals surface area contributed by atoms with E-state index in [2.05, 4.69) is 10.6 Å². The van der Waals surface area contributed by atoms with Gasteiger partial charge in [0.25, 0.3) is 0 Å². The summed E-state index contributed by atoms with van der Waals surface area (Å²) in [5, 5.41) is 14.1. The van der Waals surface area contributed by atoms with Gasteiger partial charge in [0.15, 0.2) is 0 Å². The number of carbonyl (C=O) groups excluding carboxylic acids is 1. The molecule has 0 heterocycles. The van der Waals surface area contributed by atoms with E-state index in [1.165, 1.54) is 18.2 Å². The number of carboxylic acid groups (broad SMARTS) is 1. The molecule has 98 valence electrons. The number of hydrogen-bond acceptors (Lipinski definition) is 3. The number of nitrogens with one attached hydrogen (secondary N) is 2. The van der Waals surface area contributed by atoms with Crippen LogP contribution >= 0.6 is 11.6 Å². The molecule has 0 unspecified atom stereocenters. The van der Waals surface area contributed by atoms with E-state index in [0.29, 0.717) is 25.2 Å². The quantitative estimate of drug-likeness (QED) is 0.609. The van der Waals surface area contributed by atoms with E-state index in [1.807, 2.05) is 0 Å². The van der Waals surface area contributed by atoms with Crippen LogP contribution in [-0.4, -0.2) is 30.2 Å². The molecule has 0 aliphatic heterocycles. The van der Waals surface area contributed by atoms with Crippen LogP contribution < -0.4 is 16.4 Å². The normalized spacial score (nSPS) is 9.89. The fourth-order valence-electron chi connectivity index (χ4n) is 1.25. The van der Waals surface area contributed by atoms with Crippen LogP contribution in [0.4, 0.5) is 10.5 Å². The minimum Gasteiger partial charge on any atom is -0.478 e. The van der Waals surface area contributed by atoms with Gasteiger partial charge in [0.1, 0.15) is 0 Å². The number of urea groups is 1. The lowest BCUT2D eigenvalue weighted by molar-refractivity contribution is 0.0697. The van der Waals surface area contributed by atoms with Gasteiger partial charge in [-0.05, 0) is 31.2 Å². The monoisotopic (exact) mass is 271 g/mol. The van der Waals surface area contributed by atoms with Crippen molar-refractivity contribution in [1.82, 2.24) is 5.32 Å². The molecule has 1 aromatic rings. The lowest BCUT2D eigenvalue weighted by atomic mass is 10.2. The largest absolute Gasteiger partial charge is 0.478 e. The highest BCUT2D eigenvalue weighted by Gasteiger charge is 2.10. The highest BCUT2D eigenvalue weighted by atomic mass is 35.5. The van der Waals surface area contributed by atoms with Gasteiger partial charge in [-0.25, -0.2) is 9.59 Å². The first-order chi connectivity index (χ1) is 8.54. The summed E-state index contributed by atoms with van der Waals surface area (Å²) in [7, 11) is 0. The maximum atomic E-state index is 11.4. The predicted octanol–water partition coefficient (Wildman–Crippen LogP) is 1.51. The second-order valence-electron chi connectivity index (χ2n) is 3.52. The van der Waals surface area contributed by atoms with E-state index in [0.717, 1.165) is 0 Å². The molecule has 0 aromatic heterocycles. The summed E-state index contributed by atoms with van der Waals surface area (Å²) < 4.78 is 0. The molecule has 0 saturated carbocycles. The van der Waals surface area contributed by atoms with Crippen molar-refractivity contribution in [2.75, 3.05) is 18.4 Å². The average Bonchev–Trinajstić information content (AvgIpc) is 2.31. The predicted molar refractivity (Wildman–Crippen MR) is 69.1 cm³/mol. The van der Waals surface area contributed by atoms with Crippen molar-refractivity contribution in [2.24, 2.45) is 5.73 Å². The number of aromatic carboxylic acids is 1. The zero-order valence-corrected chi connectivity index (χ0v) is 10.3. The summed E-state index contributed by atoms with van der Waals surface area (Å²) in [4.78, 5) is 22.3. The smallest absolute Gasteiger partial charge is 0.337 e. The Labute approximate surface area is 109 Å². The van der Waals surface area contributed by atoms with Crippen LogP contribution in [0, 0.1) is 0 Å². The Morgan fingerprint density at radius 3 is 2.72 bits per heavy atom. The molecule has 6 nitrogen and oxygen atoms in total. The molecular formula is C11H14ClN3O3. The number of hydrogen-bond donors (Lipinski definition) is 4. The zero-order chi connectivity index (χ0) is 13.5. The number of anilines is 1. The highest BCUT2D eigenvalue weighted by Crippen LogP contribution is 2.20. The van der Waals surface area contributed by atoms with Gasteiger partial charge < -0.3 is 21.5 Å². The number of nitrogens with two attached hydrogens (primary N) is 1. The Balaban J connectivity index is 2.65. The SMILES string of the molecule is NCCCNC(=O)Nc1ccc(Cl)c(C(=O)O)c1. The van der Waals surface area contributed by atoms with Crippen LogP contribution in [0.2, 0.25) is 5.02 Å². The van der Waals surface area contributed by atoms with Gasteiger partial charge in [-0.15, -0.1) is 0 Å². The molecule has 0 atom stereocenters. The third kappa shape index (κ3) is 4.23. The highest BCUT2D eigenvalue weighted by molar-refractivity contribution is 6.33. The number of carbonyl (C=O) groups is 2. The summed E-state index contributed by atoms with van der Waals surface area (Å²) in [5.41, 5.74) is 5.59. The van der Waals surface area contributed by atoms with Crippen molar-refractivity contribution >= 4 is 29.3 Å². The van der Waals surface area contributed by atoms with Gasteiger partial charge >= 0.3 is 12.0 Å². The number of benzene rings is 1. The maximum Gasteiger partial charge on any atom is 0.337 e. The van der Waals surface area contributed by atoms with Crippen molar-refractivity contribution in [3.8, 4) is 0 Å². The summed E-state index contributed by atoms with van der Waals surface area (Å²) in [5.74, 6) is -1.15. The molecule has 1 aromatic carbocycles. The van der Waals surface area contributed by atoms with Gasteiger partial charge in [-0.3, -0.25) is 0 Å². The standard InChI is InChI=1S/C11H14ClN3O3/c12-9-3-2-7(6-8(9)10(16)17)15-11(18)14-5-1-4-13/h2-3,6H,1,4-5,13H2,(H,16,17)(H2,14,15,18). The number of rotatable bonds is 5. The van der Waals surface area contributed by atoms with Gasteiger partial charge in [-0.1, -0.05) is 11.6 Å². The van der Waals surface area contributed by atoms with Crippen LogP contribution in [0.15, 0.2) is 18.2 Å². The fraction of sp³-hybridized carbons (Fsp3) is 0.273. The van der Waals surface area contributed by atoms with E-state index in [1.54, 1.807) is 0 Å². The summed E-state index contributed by atoms with van der Waals surface area (Å²) in [6.45, 7) is 0.950. The van der Waals surface area contributed by atoms with Crippen LogP contribution in [0.3, 0.4) is 0 Å². The van der Waals surface area contributed by atoms with E-state index in [9.17, 15) is 9.59 Å². The first-order valence-electron chi connectivity index (χ1n) is 5.32. The number of amides is 2. The van der Waals surface area contributed by atoms with E-state index >= 15 is 0 Å². The third-order valence-electron chi connectivity index (χ3n) is 2.12. The molecule has 1 rings (SSSR count). The molecule has 0 bridgehead atoms. The van der Waals surface area contributed by atoms with E-state index in [4.69, 9.17) is 22.4 Å². The Morgan fingerprint density at radius 1 is 1.39 bits per heavy atom. The van der Waals surface area contributed by atoms with Gasteiger partial charge in [0.05, 0.1) is 10.6 Å². The number of carboxylic acids is 1. The van der Waals surface area contributed by atoms with Gasteiger partial charge in [-0.2, -0.15) is 0 Å². The van der Waals surface area contributed by atoms with Crippen molar-refractivity contribution in [3.05, 3.63) is 28.8 Å². The van der Waals surface area contributed by atoms with E-state index in [-0.39, 0.29) is 10.6 Å². The van der Waals surface area contributed by atoms with Crippen molar-refractivity contribution in [2.45, 2.75) is 6.42 Å². The van der Waals surface area contributed by atoms with Gasteiger partial charge in [0.2, 0.25) is 0 Å². The summed E-state index contributed by atoms with van der Waals surface area (Å²) in [6, 6.07) is 3.83. The maximum absolute atomic E-state index is 11.4. The van der Waals surface area contributed by atoms with Crippen LogP contribution in [0.25, 0.3) is 0 Å². The zero-order valence-electron chi connectivity index (χ0n) is 9.57. The third-order valence-corrected chi connectivity index (χ3v) is 2.45. The molecule has 5 N–H and O–H groups in total. The van der Waals surface area contributed by atoms with E-state index < -0.39 is 12.0 Å². The molecule has 0 radical (unpaired) electrons. The molecular weight excluding hydrogens is 258 g/mol. The molecule has 0 fully saturated rings. The van der Waals surface area contributed by atoms with Crippen molar-refractivity contribution in [3.63, 3.8) is 0 Å². The molecule has 0 aliphatic carbocycles. The second-order valence-corrected chi connectivity index (χ2v) is 3.93. The molecule has 18 heavy (non-hydrogen) atoms. The molecule has 0 aliphatic rings. The summed E-state index contributed by atoms with van der Waals surface area (Å²) in [6.07, 6.45) is 0.675. The minimum absolute atomic E-state index is 0.0589. The first-order valence-corrected chi connectivity index (χ1v) is 5.70. The second kappa shape index (κ2) is 6.83. The van der Waals surface area contributed by atoms with Crippen molar-refractivity contribution in [1.29, 1.82) is 0 Å². The van der Waals surface area contributed by atoms with Crippen molar-refractivity contribution < 1.29 is 14.7 Å². The number of halogens is 1. The van der Waals surface area contributed by atoms with Gasteiger partial charge in [0, 0.05) is 12.2 Å². The van der Waals surface area contributed by atoms with Crippen LogP contribution in [0.1, 0.15) is 16.8 Å². The molecule has 0 saturated heterocycles. The Kier molecular flexibility index (Phi) is 5.41. The Hall–Kier alpha value is -1.79. The lowest BCUT2D eigenvalue weighted by Crippen LogP contribution is -2.30. The Morgan fingerprint density at radius 2 is 2.11 bits per heavy atom. The first kappa shape index (κ1) is 14.3. The lowest BCUT2D eigenvalue weighted by Gasteiger charge is -2.08. The summed E-state index contributed by atoms with van der Waals surface area (Å²) >= 11 is 5.71. The molecule has 2 amide bonds. The topological polar surface area (TPSA) is 104 Å². The molecule has 0 spiro atoms. The van der Waals surface area contributed by atoms with Crippen LogP contribution in [0.5, 0.6) is 0 Å². The fourth-order valence-corrected chi connectivity index (χ4v) is 1.44.